The molecule has 0 N–H and O–H groups in total. The monoisotopic (exact) mass is 413 g/mol. The van der Waals surface area contributed by atoms with Crippen molar-refractivity contribution < 1.29 is 9.26 Å². The molecule has 1 aromatic heterocycles. The third-order valence-corrected chi connectivity index (χ3v) is 6.23. The normalized spacial score (nSPS) is 18.3. The Hall–Kier alpha value is -3.10. The molecule has 1 aliphatic carbocycles. The fourth-order valence-electron chi connectivity index (χ4n) is 4.86. The summed E-state index contributed by atoms with van der Waals surface area (Å²) in [5.74, 6) is 4.49. The van der Waals surface area contributed by atoms with Crippen molar-refractivity contribution in [2.45, 2.75) is 51.7 Å². The van der Waals surface area contributed by atoms with Crippen LogP contribution in [0.5, 0.6) is 5.75 Å². The molecule has 1 fully saturated rings. The van der Waals surface area contributed by atoms with E-state index in [1.165, 1.54) is 43.5 Å². The minimum atomic E-state index is 0.0533. The van der Waals surface area contributed by atoms with Crippen LogP contribution in [0.2, 0.25) is 0 Å². The van der Waals surface area contributed by atoms with Gasteiger partial charge in [-0.3, -0.25) is 4.90 Å². The second-order valence-corrected chi connectivity index (χ2v) is 8.62. The number of fused-ring (bicyclic) bond motifs is 1. The van der Waals surface area contributed by atoms with Crippen molar-refractivity contribution in [3.05, 3.63) is 53.1 Å². The molecule has 0 radical (unpaired) electrons. The molecule has 0 saturated carbocycles. The first-order valence-corrected chi connectivity index (χ1v) is 11.1. The minimum absolute atomic E-state index is 0.0533. The van der Waals surface area contributed by atoms with E-state index in [9.17, 15) is 0 Å². The lowest BCUT2D eigenvalue weighted by Gasteiger charge is -2.24. The number of ether oxygens (including phenoxy) is 1. The number of rotatable bonds is 5. The Balaban J connectivity index is 1.45. The molecular formula is C26H27N3O2. The molecular weight excluding hydrogens is 386 g/mol. The molecule has 0 amide bonds. The standard InChI is InChI=1S/C26H27N3O2/c1-4-18-16-19(10-13-24(18)30-17(2)3)26-27-25(28-31-26)22-9-7-8-21-20(22)11-12-23(21)29-14-5-6-15-29/h1,7-10,13,16-17,23H,5-6,11-12,14-15H2,2-3H3. The van der Waals surface area contributed by atoms with Crippen molar-refractivity contribution in [3.8, 4) is 40.9 Å². The second-order valence-electron chi connectivity index (χ2n) is 8.62. The van der Waals surface area contributed by atoms with Gasteiger partial charge in [0.2, 0.25) is 5.82 Å². The Morgan fingerprint density at radius 1 is 1.19 bits per heavy atom. The van der Waals surface area contributed by atoms with E-state index >= 15 is 0 Å². The van der Waals surface area contributed by atoms with Crippen LogP contribution in [0.3, 0.4) is 0 Å². The van der Waals surface area contributed by atoms with E-state index in [-0.39, 0.29) is 6.10 Å². The van der Waals surface area contributed by atoms with E-state index in [0.29, 0.717) is 29.1 Å². The minimum Gasteiger partial charge on any atom is -0.490 e. The molecule has 3 aromatic rings. The zero-order valence-corrected chi connectivity index (χ0v) is 18.1. The molecule has 0 bridgehead atoms. The van der Waals surface area contributed by atoms with E-state index in [0.717, 1.165) is 17.5 Å². The molecule has 1 atom stereocenters. The van der Waals surface area contributed by atoms with Crippen molar-refractivity contribution in [2.24, 2.45) is 0 Å². The van der Waals surface area contributed by atoms with Crippen molar-refractivity contribution in [3.63, 3.8) is 0 Å². The Labute approximate surface area is 183 Å². The third-order valence-electron chi connectivity index (χ3n) is 6.23. The van der Waals surface area contributed by atoms with Crippen LogP contribution < -0.4 is 4.74 Å². The lowest BCUT2D eigenvalue weighted by atomic mass is 10.0. The van der Waals surface area contributed by atoms with Gasteiger partial charge in [-0.15, -0.1) is 6.42 Å². The smallest absolute Gasteiger partial charge is 0.258 e. The Kier molecular flexibility index (Phi) is 5.25. The first-order valence-electron chi connectivity index (χ1n) is 11.1. The van der Waals surface area contributed by atoms with E-state index in [4.69, 9.17) is 20.7 Å². The fourth-order valence-corrected chi connectivity index (χ4v) is 4.86. The second kappa shape index (κ2) is 8.20. The van der Waals surface area contributed by atoms with Crippen LogP contribution in [0.25, 0.3) is 22.8 Å². The van der Waals surface area contributed by atoms with Gasteiger partial charge in [0.1, 0.15) is 5.75 Å². The van der Waals surface area contributed by atoms with Gasteiger partial charge in [0.15, 0.2) is 0 Å². The number of hydrogen-bond donors (Lipinski definition) is 0. The quantitative estimate of drug-likeness (QED) is 0.535. The molecule has 0 spiro atoms. The average molecular weight is 414 g/mol. The maximum Gasteiger partial charge on any atom is 0.258 e. The van der Waals surface area contributed by atoms with Crippen LogP contribution in [0.1, 0.15) is 55.8 Å². The summed E-state index contributed by atoms with van der Waals surface area (Å²) in [7, 11) is 0. The summed E-state index contributed by atoms with van der Waals surface area (Å²) in [5, 5.41) is 4.31. The van der Waals surface area contributed by atoms with E-state index in [2.05, 4.69) is 34.2 Å². The fraction of sp³-hybridized carbons (Fsp3) is 0.385. The summed E-state index contributed by atoms with van der Waals surface area (Å²) in [4.78, 5) is 7.34. The van der Waals surface area contributed by atoms with Crippen molar-refractivity contribution in [2.75, 3.05) is 13.1 Å². The van der Waals surface area contributed by atoms with Crippen LogP contribution >= 0.6 is 0 Å². The molecule has 5 rings (SSSR count). The van der Waals surface area contributed by atoms with Gasteiger partial charge in [-0.1, -0.05) is 29.3 Å². The number of hydrogen-bond acceptors (Lipinski definition) is 5. The van der Waals surface area contributed by atoms with E-state index in [1.54, 1.807) is 0 Å². The van der Waals surface area contributed by atoms with Gasteiger partial charge in [-0.05, 0) is 81.9 Å². The molecule has 5 heteroatoms. The molecule has 2 aromatic carbocycles. The number of likely N-dealkylation sites (tertiary alicyclic amines) is 1. The predicted octanol–water partition coefficient (Wildman–Crippen LogP) is 5.26. The first-order chi connectivity index (χ1) is 15.1. The van der Waals surface area contributed by atoms with Gasteiger partial charge >= 0.3 is 0 Å². The summed E-state index contributed by atoms with van der Waals surface area (Å²) in [6.07, 6.45) is 10.6. The van der Waals surface area contributed by atoms with Gasteiger partial charge in [0.25, 0.3) is 5.89 Å². The van der Waals surface area contributed by atoms with Gasteiger partial charge < -0.3 is 9.26 Å². The predicted molar refractivity (Wildman–Crippen MR) is 121 cm³/mol. The van der Waals surface area contributed by atoms with Crippen molar-refractivity contribution in [1.29, 1.82) is 0 Å². The number of aromatic nitrogens is 2. The largest absolute Gasteiger partial charge is 0.490 e. The summed E-state index contributed by atoms with van der Waals surface area (Å²) in [6.45, 7) is 6.36. The molecule has 5 nitrogen and oxygen atoms in total. The van der Waals surface area contributed by atoms with E-state index < -0.39 is 0 Å². The van der Waals surface area contributed by atoms with Gasteiger partial charge in [-0.25, -0.2) is 0 Å². The average Bonchev–Trinajstić information content (AvgIpc) is 3.53. The number of terminal acetylenes is 1. The zero-order chi connectivity index (χ0) is 21.4. The third kappa shape index (κ3) is 3.73. The SMILES string of the molecule is C#Cc1cc(-c2nc(-c3cccc4c3CCC4N3CCCC3)no2)ccc1OC(C)C. The lowest BCUT2D eigenvalue weighted by Crippen LogP contribution is -2.23. The van der Waals surface area contributed by atoms with Gasteiger partial charge in [0.05, 0.1) is 11.7 Å². The lowest BCUT2D eigenvalue weighted by molar-refractivity contribution is 0.242. The number of benzene rings is 2. The molecule has 2 heterocycles. The van der Waals surface area contributed by atoms with Gasteiger partial charge in [-0.2, -0.15) is 4.98 Å². The van der Waals surface area contributed by atoms with E-state index in [1.807, 2.05) is 32.0 Å². The van der Waals surface area contributed by atoms with Crippen LogP contribution in [0, 0.1) is 12.3 Å². The van der Waals surface area contributed by atoms with Crippen molar-refractivity contribution >= 4 is 0 Å². The molecule has 1 saturated heterocycles. The molecule has 158 valence electrons. The maximum absolute atomic E-state index is 5.79. The Morgan fingerprint density at radius 2 is 2.03 bits per heavy atom. The summed E-state index contributed by atoms with van der Waals surface area (Å²) < 4.78 is 11.4. The Morgan fingerprint density at radius 3 is 2.81 bits per heavy atom. The maximum atomic E-state index is 5.79. The molecule has 1 aliphatic heterocycles. The molecule has 1 unspecified atom stereocenters. The number of nitrogens with zero attached hydrogens (tertiary/aromatic N) is 3. The van der Waals surface area contributed by atoms with Crippen LogP contribution in [-0.4, -0.2) is 34.2 Å². The highest BCUT2D eigenvalue weighted by atomic mass is 16.5. The summed E-state index contributed by atoms with van der Waals surface area (Å²) in [6, 6.07) is 12.7. The molecule has 31 heavy (non-hydrogen) atoms. The summed E-state index contributed by atoms with van der Waals surface area (Å²) in [5.41, 5.74) is 5.34. The Bertz CT molecular complexity index is 1140. The zero-order valence-electron chi connectivity index (χ0n) is 18.1. The highest BCUT2D eigenvalue weighted by Gasteiger charge is 2.31. The van der Waals surface area contributed by atoms with Crippen LogP contribution in [0.4, 0.5) is 0 Å². The van der Waals surface area contributed by atoms with Crippen LogP contribution in [-0.2, 0) is 6.42 Å². The van der Waals surface area contributed by atoms with Gasteiger partial charge in [0, 0.05) is 17.2 Å². The van der Waals surface area contributed by atoms with Crippen LogP contribution in [0.15, 0.2) is 40.9 Å². The highest BCUT2D eigenvalue weighted by molar-refractivity contribution is 5.67. The molecule has 2 aliphatic rings. The first kappa shape index (κ1) is 19.8. The highest BCUT2D eigenvalue weighted by Crippen LogP contribution is 2.41. The topological polar surface area (TPSA) is 51.4 Å². The van der Waals surface area contributed by atoms with Crippen molar-refractivity contribution in [1.82, 2.24) is 15.0 Å². The summed E-state index contributed by atoms with van der Waals surface area (Å²) >= 11 is 0.